The van der Waals surface area contributed by atoms with Gasteiger partial charge in [0.15, 0.2) is 6.61 Å². The molecule has 2 heterocycles. The van der Waals surface area contributed by atoms with Gasteiger partial charge in [0.05, 0.1) is 4.90 Å². The van der Waals surface area contributed by atoms with Gasteiger partial charge in [-0.25, -0.2) is 13.2 Å². The van der Waals surface area contributed by atoms with Crippen LogP contribution in [0.4, 0.5) is 5.69 Å². The van der Waals surface area contributed by atoms with Gasteiger partial charge in [-0.1, -0.05) is 13.8 Å². The van der Waals surface area contributed by atoms with Crippen LogP contribution in [0.5, 0.6) is 5.75 Å². The minimum atomic E-state index is -3.57. The minimum Gasteiger partial charge on any atom is -0.484 e. The summed E-state index contributed by atoms with van der Waals surface area (Å²) in [5, 5.41) is 0.758. The highest BCUT2D eigenvalue weighted by atomic mass is 32.2. The van der Waals surface area contributed by atoms with E-state index in [0.717, 1.165) is 17.4 Å². The van der Waals surface area contributed by atoms with Gasteiger partial charge >= 0.3 is 5.63 Å². The molecule has 0 radical (unpaired) electrons. The number of amides is 1. The second-order valence-electron chi connectivity index (χ2n) is 7.77. The van der Waals surface area contributed by atoms with Crippen LogP contribution in [0.2, 0.25) is 0 Å². The smallest absolute Gasteiger partial charge is 0.336 e. The van der Waals surface area contributed by atoms with Crippen LogP contribution in [0.1, 0.15) is 25.8 Å². The maximum Gasteiger partial charge on any atom is 0.336 e. The van der Waals surface area contributed by atoms with E-state index in [2.05, 4.69) is 0 Å². The van der Waals surface area contributed by atoms with Crippen molar-refractivity contribution < 1.29 is 22.4 Å². The van der Waals surface area contributed by atoms with Crippen molar-refractivity contribution in [1.29, 1.82) is 0 Å². The van der Waals surface area contributed by atoms with Gasteiger partial charge < -0.3 is 14.1 Å². The molecule has 0 aliphatic carbocycles. The molecule has 3 aromatic rings. The number of hydrogen-bond donors (Lipinski definition) is 0. The minimum absolute atomic E-state index is 0.193. The highest BCUT2D eigenvalue weighted by molar-refractivity contribution is 7.89. The van der Waals surface area contributed by atoms with Crippen LogP contribution in [0.15, 0.2) is 62.6 Å². The van der Waals surface area contributed by atoms with Crippen molar-refractivity contribution in [2.24, 2.45) is 0 Å². The van der Waals surface area contributed by atoms with Gasteiger partial charge in [-0.15, -0.1) is 0 Å². The van der Waals surface area contributed by atoms with Crippen LogP contribution in [0.3, 0.4) is 0 Å². The SMILES string of the molecule is CCN(CC)S(=O)(=O)c1ccc2c(c1)CCCN2C(=O)COc1ccc2ccc(=O)oc2c1. The quantitative estimate of drug-likeness (QED) is 0.492. The third-order valence-corrected chi connectivity index (χ3v) is 7.82. The fourth-order valence-corrected chi connectivity index (χ4v) is 5.57. The zero-order valence-electron chi connectivity index (χ0n) is 18.6. The fourth-order valence-electron chi connectivity index (χ4n) is 4.06. The standard InChI is InChI=1S/C24H26N2O6S/c1-3-25(4-2)33(29,30)20-10-11-21-18(14-20)6-5-13-26(21)23(27)16-31-19-9-7-17-8-12-24(28)32-22(17)15-19/h7-12,14-15H,3-6,13,16H2,1-2H3. The van der Waals surface area contributed by atoms with Crippen LogP contribution in [0.25, 0.3) is 11.0 Å². The molecule has 1 aliphatic rings. The summed E-state index contributed by atoms with van der Waals surface area (Å²) in [7, 11) is -3.57. The highest BCUT2D eigenvalue weighted by Gasteiger charge is 2.27. The Morgan fingerprint density at radius 2 is 1.85 bits per heavy atom. The number of aryl methyl sites for hydroxylation is 1. The number of rotatable bonds is 7. The predicted octanol–water partition coefficient (Wildman–Crippen LogP) is 3.18. The van der Waals surface area contributed by atoms with Crippen molar-refractivity contribution in [3.63, 3.8) is 0 Å². The van der Waals surface area contributed by atoms with Crippen LogP contribution in [-0.2, 0) is 21.2 Å². The van der Waals surface area contributed by atoms with E-state index in [9.17, 15) is 18.0 Å². The molecule has 1 amide bonds. The predicted molar refractivity (Wildman–Crippen MR) is 125 cm³/mol. The molecular formula is C24H26N2O6S. The monoisotopic (exact) mass is 470 g/mol. The lowest BCUT2D eigenvalue weighted by Crippen LogP contribution is -2.39. The largest absolute Gasteiger partial charge is 0.484 e. The molecule has 2 aromatic carbocycles. The first kappa shape index (κ1) is 23.0. The maximum atomic E-state index is 12.9. The Morgan fingerprint density at radius 1 is 1.09 bits per heavy atom. The summed E-state index contributed by atoms with van der Waals surface area (Å²) in [5.74, 6) is 0.188. The van der Waals surface area contributed by atoms with Crippen LogP contribution >= 0.6 is 0 Å². The van der Waals surface area contributed by atoms with Crippen LogP contribution in [-0.4, -0.2) is 44.9 Å². The summed E-state index contributed by atoms with van der Waals surface area (Å²) < 4.78 is 38.0. The maximum absolute atomic E-state index is 12.9. The topological polar surface area (TPSA) is 97.1 Å². The molecule has 9 heteroatoms. The Balaban J connectivity index is 1.52. The number of benzene rings is 2. The summed E-state index contributed by atoms with van der Waals surface area (Å²) in [6, 6.07) is 13.0. The average Bonchev–Trinajstić information content (AvgIpc) is 2.82. The van der Waals surface area contributed by atoms with E-state index in [-0.39, 0.29) is 17.4 Å². The molecule has 0 fully saturated rings. The number of anilines is 1. The molecule has 4 rings (SSSR count). The molecule has 0 bridgehead atoms. The van der Waals surface area contributed by atoms with Crippen LogP contribution < -0.4 is 15.3 Å². The molecule has 0 saturated carbocycles. The Morgan fingerprint density at radius 3 is 2.61 bits per heavy atom. The normalized spacial score (nSPS) is 13.8. The first-order valence-corrected chi connectivity index (χ1v) is 12.4. The Hall–Kier alpha value is -3.17. The lowest BCUT2D eigenvalue weighted by atomic mass is 10.0. The van der Waals surface area contributed by atoms with Crippen molar-refractivity contribution in [2.45, 2.75) is 31.6 Å². The van der Waals surface area contributed by atoms with E-state index in [4.69, 9.17) is 9.15 Å². The van der Waals surface area contributed by atoms with E-state index in [1.807, 2.05) is 13.8 Å². The molecule has 0 spiro atoms. The molecule has 1 aromatic heterocycles. The second-order valence-corrected chi connectivity index (χ2v) is 9.71. The van der Waals surface area contributed by atoms with Crippen molar-refractivity contribution >= 4 is 32.6 Å². The summed E-state index contributed by atoms with van der Waals surface area (Å²) in [5.41, 5.74) is 1.47. The summed E-state index contributed by atoms with van der Waals surface area (Å²) in [4.78, 5) is 26.2. The fraction of sp³-hybridized carbons (Fsp3) is 0.333. The summed E-state index contributed by atoms with van der Waals surface area (Å²) in [6.45, 7) is 4.75. The average molecular weight is 471 g/mol. The molecule has 0 N–H and O–H groups in total. The molecule has 8 nitrogen and oxygen atoms in total. The van der Waals surface area contributed by atoms with Gasteiger partial charge in [0.1, 0.15) is 11.3 Å². The zero-order valence-corrected chi connectivity index (χ0v) is 19.4. The lowest BCUT2D eigenvalue weighted by molar-refractivity contribution is -0.120. The van der Waals surface area contributed by atoms with E-state index in [1.165, 1.54) is 10.4 Å². The van der Waals surface area contributed by atoms with E-state index in [1.54, 1.807) is 47.4 Å². The van der Waals surface area contributed by atoms with E-state index in [0.29, 0.717) is 43.1 Å². The van der Waals surface area contributed by atoms with E-state index >= 15 is 0 Å². The Kier molecular flexibility index (Phi) is 6.53. The molecule has 0 unspecified atom stereocenters. The van der Waals surface area contributed by atoms with Gasteiger partial charge in [-0.05, 0) is 54.8 Å². The zero-order chi connectivity index (χ0) is 23.6. The number of carbonyl (C=O) groups excluding carboxylic acids is 1. The van der Waals surface area contributed by atoms with Gasteiger partial charge in [0, 0.05) is 42.8 Å². The molecule has 33 heavy (non-hydrogen) atoms. The number of nitrogens with zero attached hydrogens (tertiary/aromatic N) is 2. The van der Waals surface area contributed by atoms with Gasteiger partial charge in [-0.2, -0.15) is 4.31 Å². The number of ether oxygens (including phenoxy) is 1. The Bertz CT molecular complexity index is 1340. The lowest BCUT2D eigenvalue weighted by Gasteiger charge is -2.30. The van der Waals surface area contributed by atoms with Gasteiger partial charge in [0.2, 0.25) is 10.0 Å². The molecular weight excluding hydrogens is 444 g/mol. The van der Waals surface area contributed by atoms with Gasteiger partial charge in [-0.3, -0.25) is 4.79 Å². The summed E-state index contributed by atoms with van der Waals surface area (Å²) >= 11 is 0. The van der Waals surface area contributed by atoms with Gasteiger partial charge in [0.25, 0.3) is 5.91 Å². The second kappa shape index (κ2) is 9.36. The third kappa shape index (κ3) is 4.65. The third-order valence-electron chi connectivity index (χ3n) is 5.77. The number of carbonyl (C=O) groups is 1. The first-order valence-electron chi connectivity index (χ1n) is 10.9. The van der Waals surface area contributed by atoms with Crippen molar-refractivity contribution in [3.05, 3.63) is 64.5 Å². The van der Waals surface area contributed by atoms with E-state index < -0.39 is 15.6 Å². The van der Waals surface area contributed by atoms with Crippen LogP contribution in [0, 0.1) is 0 Å². The van der Waals surface area contributed by atoms with Crippen molar-refractivity contribution in [1.82, 2.24) is 4.31 Å². The first-order chi connectivity index (χ1) is 15.8. The number of sulfonamides is 1. The Labute approximate surface area is 192 Å². The molecule has 0 atom stereocenters. The molecule has 0 saturated heterocycles. The van der Waals surface area contributed by atoms with Crippen molar-refractivity contribution in [3.8, 4) is 5.75 Å². The van der Waals surface area contributed by atoms with Crippen molar-refractivity contribution in [2.75, 3.05) is 31.1 Å². The summed E-state index contributed by atoms with van der Waals surface area (Å²) in [6.07, 6.45) is 1.43. The number of fused-ring (bicyclic) bond motifs is 2. The number of hydrogen-bond acceptors (Lipinski definition) is 6. The highest BCUT2D eigenvalue weighted by Crippen LogP contribution is 2.31. The molecule has 174 valence electrons. The molecule has 1 aliphatic heterocycles.